The minimum atomic E-state index is -1.16. The Balaban J connectivity index is 0. The Morgan fingerprint density at radius 1 is 0.448 bits per heavy atom. The molecule has 28 nitrogen and oxygen atoms in total. The van der Waals surface area contributed by atoms with Crippen molar-refractivity contribution in [2.75, 3.05) is 18.5 Å². The van der Waals surface area contributed by atoms with Crippen molar-refractivity contribution in [2.45, 2.75) is 356 Å². The fraction of sp³-hybridized carbons (Fsp3) is 0.676. The topological polar surface area (TPSA) is 400 Å². The number of benzene rings is 2. The van der Waals surface area contributed by atoms with Crippen LogP contribution in [0.1, 0.15) is 309 Å². The van der Waals surface area contributed by atoms with E-state index in [-0.39, 0.29) is 109 Å². The number of halogens is 1. The Hall–Kier alpha value is -9.54. The average molecular weight is 1950 g/mol. The van der Waals surface area contributed by atoms with E-state index in [4.69, 9.17) is 43.0 Å². The predicted molar refractivity (Wildman–Crippen MR) is 523 cm³/mol. The van der Waals surface area contributed by atoms with Crippen molar-refractivity contribution in [3.05, 3.63) is 122 Å². The highest BCUT2D eigenvalue weighted by Crippen LogP contribution is 2.47. The SMILES string of the molecule is C=CCC(CC=C)(C(=O)OC(C)(C)C)[C@@H](CC(C)C)C(=O)O.C=CC[C@H](C(=O)OC(C)(C)C)[C@@H](CC(C)C)C(=O)O.CC(C)(C)OC(=O)CBr.CC(C)CCC(=O)N1C(=O)OC[C@@H]1Cc1ccccc1.CC(C)C[C@@H](C(=O)O)C1(C(=O)OC(C)(C)C)CC=CC1.CC(C)C[C@H](CC(=O)OC(C)(C)C)C(=O)N1C(=O)OC[C@@H]1Cc1ccccc1.CC(C)C[C@H](CC(=O)OC(C)(C)C)C(=O)O. The molecule has 1 aliphatic carbocycles. The van der Waals surface area contributed by atoms with Crippen LogP contribution in [0.25, 0.3) is 0 Å². The number of hydrogen-bond donors (Lipinski definition) is 4. The molecule has 5 rings (SSSR count). The van der Waals surface area contributed by atoms with Crippen LogP contribution in [-0.4, -0.2) is 178 Å². The molecule has 0 unspecified atom stereocenters. The molecule has 0 spiro atoms. The number of ether oxygens (including phenoxy) is 8. The van der Waals surface area contributed by atoms with E-state index in [9.17, 15) is 82.4 Å². The third-order valence-corrected chi connectivity index (χ3v) is 20.6. The largest absolute Gasteiger partial charge is 0.481 e. The van der Waals surface area contributed by atoms with Crippen LogP contribution in [0, 0.1) is 81.8 Å². The molecule has 4 N–H and O–H groups in total. The van der Waals surface area contributed by atoms with Crippen molar-refractivity contribution in [3.8, 4) is 0 Å². The molecule has 2 saturated heterocycles. The molecule has 2 aromatic rings. The molecule has 8 atom stereocenters. The Morgan fingerprint density at radius 2 is 0.828 bits per heavy atom. The summed E-state index contributed by atoms with van der Waals surface area (Å²) in [6.07, 6.45) is 13.7. The van der Waals surface area contributed by atoms with E-state index in [2.05, 4.69) is 49.5 Å². The van der Waals surface area contributed by atoms with Crippen LogP contribution in [0.3, 0.4) is 0 Å². The third kappa shape index (κ3) is 52.5. The minimum Gasteiger partial charge on any atom is -0.481 e. The Labute approximate surface area is 808 Å². The van der Waals surface area contributed by atoms with Gasteiger partial charge in [0.25, 0.3) is 0 Å². The quantitative estimate of drug-likeness (QED) is 0.0209. The molecule has 134 heavy (non-hydrogen) atoms. The van der Waals surface area contributed by atoms with Crippen molar-refractivity contribution >= 4 is 99.6 Å². The van der Waals surface area contributed by atoms with Crippen LogP contribution in [0.4, 0.5) is 9.59 Å². The smallest absolute Gasteiger partial charge is 0.416 e. The predicted octanol–water partition coefficient (Wildman–Crippen LogP) is 22.1. The summed E-state index contributed by atoms with van der Waals surface area (Å²) in [6.45, 7) is 67.4. The molecule has 29 heteroatoms. The van der Waals surface area contributed by atoms with Gasteiger partial charge >= 0.3 is 71.9 Å². The normalized spacial score (nSPS) is 16.1. The number of carboxylic acid groups (broad SMARTS) is 4. The Kier molecular flexibility index (Phi) is 56.1. The summed E-state index contributed by atoms with van der Waals surface area (Å²) in [4.78, 5) is 170. The van der Waals surface area contributed by atoms with Gasteiger partial charge in [0.2, 0.25) is 11.8 Å². The second kappa shape index (κ2) is 59.5. The number of carboxylic acids is 4. The third-order valence-electron chi connectivity index (χ3n) is 20.2. The number of imide groups is 2. The number of amides is 4. The van der Waals surface area contributed by atoms with Crippen LogP contribution in [0.15, 0.2) is 111 Å². The van der Waals surface area contributed by atoms with Gasteiger partial charge in [-0.3, -0.25) is 57.5 Å². The Bertz CT molecular complexity index is 4050. The first-order valence-electron chi connectivity index (χ1n) is 46.7. The van der Waals surface area contributed by atoms with Gasteiger partial charge in [-0.2, -0.15) is 0 Å². The van der Waals surface area contributed by atoms with Crippen molar-refractivity contribution in [2.24, 2.45) is 81.8 Å². The minimum absolute atomic E-state index is 0.0455. The van der Waals surface area contributed by atoms with Gasteiger partial charge in [-0.1, -0.05) is 190 Å². The second-order valence-corrected chi connectivity index (χ2v) is 43.6. The molecular weight excluding hydrogens is 1790 g/mol. The molecule has 0 bridgehead atoms. The van der Waals surface area contributed by atoms with Crippen LogP contribution < -0.4 is 0 Å². The molecule has 3 aliphatic rings. The second-order valence-electron chi connectivity index (χ2n) is 43.0. The number of nitrogens with zero attached hydrogens (tertiary/aromatic N) is 2. The first-order chi connectivity index (χ1) is 61.4. The van der Waals surface area contributed by atoms with Gasteiger partial charge in [0.15, 0.2) is 0 Å². The molecular formula is C105H167BrN2O26. The summed E-state index contributed by atoms with van der Waals surface area (Å²) in [5.74, 6) is -9.41. The highest BCUT2D eigenvalue weighted by atomic mass is 79.9. The number of cyclic esters (lactones) is 2. The van der Waals surface area contributed by atoms with Gasteiger partial charge < -0.3 is 58.3 Å². The van der Waals surface area contributed by atoms with Crippen molar-refractivity contribution in [1.82, 2.24) is 9.80 Å². The van der Waals surface area contributed by atoms with E-state index in [1.165, 1.54) is 9.80 Å². The maximum Gasteiger partial charge on any atom is 0.416 e. The summed E-state index contributed by atoms with van der Waals surface area (Å²) in [7, 11) is 0. The summed E-state index contributed by atoms with van der Waals surface area (Å²) in [5.41, 5.74) is -3.39. The van der Waals surface area contributed by atoms with Gasteiger partial charge in [0.1, 0.15) is 52.2 Å². The van der Waals surface area contributed by atoms with Crippen molar-refractivity contribution < 1.29 is 125 Å². The zero-order valence-corrected chi connectivity index (χ0v) is 87.9. The van der Waals surface area contributed by atoms with Crippen LogP contribution >= 0.6 is 15.9 Å². The zero-order valence-electron chi connectivity index (χ0n) is 86.3. The average Bonchev–Trinajstić information content (AvgIpc) is 1.17. The van der Waals surface area contributed by atoms with E-state index in [0.29, 0.717) is 83.2 Å². The number of carbonyl (C=O) groups is 14. The molecule has 0 radical (unpaired) electrons. The van der Waals surface area contributed by atoms with Gasteiger partial charge in [-0.25, -0.2) is 19.4 Å². The lowest BCUT2D eigenvalue weighted by Gasteiger charge is -2.38. The number of allylic oxidation sites excluding steroid dienone is 5. The standard InChI is InChI=1S/C22H31NO5.C18H30O4.C16H21NO3.C16H26O4.C15H26O4.C12H22O4.C6H11BrO2/c1-15(2)11-17(13-19(24)28-22(3,4)5)20(25)23-18(14-27-21(23)26)12-16-9-7-6-8-10-16;1-8-10-18(11-9-2,16(21)22-17(5,6)7)14(15(19)20)12-13(3)4;1-12(2)8-9-15(18)17-14(11-20-16(17)19)10-13-6-4-3-5-7-13;1-11(2)10-12(13(17)18)16(8-6-7-9-16)14(19)20-15(3,4)5;1-7-8-11(14(18)19-15(4,5)6)12(13(16)17)9-10(2)3;1-8(2)6-9(11(14)15)7-10(13)16-12(3,4)5;1-6(2,3)9-5(8)4-7/h6-10,15,17-18H,11-14H2,1-5H3;8-9,13-14H,1-2,10-12H2,3-7H3,(H,19,20);3-7,12,14H,8-11H2,1-2H3;6-7,11-12H,8-10H2,1-5H3,(H,17,18);7,10-12H,1,8-9H2,2-6H3,(H,16,17);8-9H,6-7H2,1-5H3,(H,14,15);4H2,1-3H3/t17-,18+;2*14-;12-;11-,12+;9-;/m100001./s1. The number of alkyl halides is 1. The number of rotatable bonds is 39. The van der Waals surface area contributed by atoms with E-state index in [0.717, 1.165) is 17.5 Å². The number of aliphatic carboxylic acids is 4. The first-order valence-corrected chi connectivity index (χ1v) is 47.9. The number of hydrogen-bond acceptors (Lipinski definition) is 22. The molecule has 4 amide bonds. The fourth-order valence-electron chi connectivity index (χ4n) is 14.7. The lowest BCUT2D eigenvalue weighted by molar-refractivity contribution is -0.177. The summed E-state index contributed by atoms with van der Waals surface area (Å²) in [6, 6.07) is 19.0. The van der Waals surface area contributed by atoms with Crippen LogP contribution in [-0.2, 0) is 108 Å². The number of carbonyl (C=O) groups excluding carboxylic acids is 10. The first kappa shape index (κ1) is 127. The van der Waals surface area contributed by atoms with Gasteiger partial charge in [0, 0.05) is 12.3 Å². The van der Waals surface area contributed by atoms with E-state index < -0.39 is 134 Å². The molecule has 2 heterocycles. The van der Waals surface area contributed by atoms with Crippen molar-refractivity contribution in [1.29, 1.82) is 0 Å². The van der Waals surface area contributed by atoms with Crippen LogP contribution in [0.5, 0.6) is 0 Å². The van der Waals surface area contributed by atoms with Gasteiger partial charge in [0.05, 0.1) is 65.3 Å². The highest BCUT2D eigenvalue weighted by molar-refractivity contribution is 9.09. The zero-order chi connectivity index (χ0) is 104. The molecule has 2 fully saturated rings. The van der Waals surface area contributed by atoms with E-state index in [1.54, 1.807) is 122 Å². The summed E-state index contributed by atoms with van der Waals surface area (Å²) < 4.78 is 41.9. The monoisotopic (exact) mass is 1950 g/mol. The maximum absolute atomic E-state index is 13.2. The maximum atomic E-state index is 13.2. The van der Waals surface area contributed by atoms with Gasteiger partial charge in [-0.15, -0.1) is 19.7 Å². The molecule has 2 aromatic carbocycles. The Morgan fingerprint density at radius 3 is 1.16 bits per heavy atom. The van der Waals surface area contributed by atoms with Crippen LogP contribution in [0.2, 0.25) is 0 Å². The molecule has 2 aliphatic heterocycles. The number of esters is 6. The van der Waals surface area contributed by atoms with E-state index >= 15 is 0 Å². The van der Waals surface area contributed by atoms with E-state index in [1.807, 2.05) is 163 Å². The summed E-state index contributed by atoms with van der Waals surface area (Å²) >= 11 is 2.99. The lowest BCUT2D eigenvalue weighted by Crippen LogP contribution is -2.46. The molecule has 0 saturated carbocycles. The van der Waals surface area contributed by atoms with Gasteiger partial charge in [-0.05, 0) is 255 Å². The molecule has 760 valence electrons. The van der Waals surface area contributed by atoms with Crippen molar-refractivity contribution in [3.63, 3.8) is 0 Å². The molecule has 0 aromatic heterocycles. The lowest BCUT2D eigenvalue weighted by atomic mass is 9.67. The summed E-state index contributed by atoms with van der Waals surface area (Å²) in [5, 5.41) is 37.8. The fourth-order valence-corrected chi connectivity index (χ4v) is 14.8. The highest BCUT2D eigenvalue weighted by Gasteiger charge is 2.53.